The normalized spacial score (nSPS) is 9.90. The number of benzene rings is 2. The molecular weight excluding hydrogens is 256 g/mol. The Labute approximate surface area is 117 Å². The standard InChI is InChI=1S/C16H16O4/c1-12-4-3-5-13(10-12)16(17)20-11-19-15-8-6-14(18-2)7-9-15/h3-10H,11H2,1-2H3. The van der Waals surface area contributed by atoms with Crippen LogP contribution in [0.4, 0.5) is 0 Å². The quantitative estimate of drug-likeness (QED) is 0.619. The van der Waals surface area contributed by atoms with Gasteiger partial charge in [-0.3, -0.25) is 0 Å². The van der Waals surface area contributed by atoms with Crippen LogP contribution in [0.25, 0.3) is 0 Å². The van der Waals surface area contributed by atoms with Gasteiger partial charge in [0.05, 0.1) is 12.7 Å². The van der Waals surface area contributed by atoms with Crippen molar-refractivity contribution < 1.29 is 19.0 Å². The summed E-state index contributed by atoms with van der Waals surface area (Å²) in [4.78, 5) is 11.8. The molecule has 0 fully saturated rings. The zero-order chi connectivity index (χ0) is 14.4. The van der Waals surface area contributed by atoms with E-state index >= 15 is 0 Å². The Hall–Kier alpha value is -2.49. The summed E-state index contributed by atoms with van der Waals surface area (Å²) in [5.41, 5.74) is 1.53. The van der Waals surface area contributed by atoms with Crippen LogP contribution in [0.5, 0.6) is 11.5 Å². The molecule has 104 valence electrons. The second-order valence-electron chi connectivity index (χ2n) is 4.24. The minimum atomic E-state index is -0.401. The summed E-state index contributed by atoms with van der Waals surface area (Å²) < 4.78 is 15.4. The molecule has 0 aromatic heterocycles. The van der Waals surface area contributed by atoms with Crippen LogP contribution in [0.2, 0.25) is 0 Å². The second-order valence-corrected chi connectivity index (χ2v) is 4.24. The van der Waals surface area contributed by atoms with Crippen molar-refractivity contribution in [3.63, 3.8) is 0 Å². The second kappa shape index (κ2) is 6.61. The third-order valence-corrected chi connectivity index (χ3v) is 2.73. The predicted octanol–water partition coefficient (Wildman–Crippen LogP) is 3.20. The van der Waals surface area contributed by atoms with E-state index in [-0.39, 0.29) is 6.79 Å². The van der Waals surface area contributed by atoms with Crippen molar-refractivity contribution in [2.24, 2.45) is 0 Å². The monoisotopic (exact) mass is 272 g/mol. The molecule has 0 bridgehead atoms. The van der Waals surface area contributed by atoms with Crippen LogP contribution in [-0.4, -0.2) is 19.9 Å². The average molecular weight is 272 g/mol. The van der Waals surface area contributed by atoms with Gasteiger partial charge < -0.3 is 14.2 Å². The predicted molar refractivity (Wildman–Crippen MR) is 75.1 cm³/mol. The molecule has 0 atom stereocenters. The molecule has 4 heteroatoms. The largest absolute Gasteiger partial charge is 0.497 e. The number of carbonyl (C=O) groups excluding carboxylic acids is 1. The fourth-order valence-electron chi connectivity index (χ4n) is 1.68. The molecule has 0 aliphatic carbocycles. The number of hydrogen-bond acceptors (Lipinski definition) is 4. The molecule has 2 rings (SSSR count). The smallest absolute Gasteiger partial charge is 0.341 e. The summed E-state index contributed by atoms with van der Waals surface area (Å²) in [6, 6.07) is 14.3. The third-order valence-electron chi connectivity index (χ3n) is 2.73. The Balaban J connectivity index is 1.84. The molecule has 0 N–H and O–H groups in total. The number of carbonyl (C=O) groups is 1. The summed E-state index contributed by atoms with van der Waals surface area (Å²) >= 11 is 0. The van der Waals surface area contributed by atoms with E-state index in [1.165, 1.54) is 0 Å². The fourth-order valence-corrected chi connectivity index (χ4v) is 1.68. The summed E-state index contributed by atoms with van der Waals surface area (Å²) in [5, 5.41) is 0. The van der Waals surface area contributed by atoms with E-state index in [0.717, 1.165) is 11.3 Å². The molecule has 4 nitrogen and oxygen atoms in total. The van der Waals surface area contributed by atoms with Crippen LogP contribution in [0.3, 0.4) is 0 Å². The topological polar surface area (TPSA) is 44.8 Å². The highest BCUT2D eigenvalue weighted by Gasteiger charge is 2.06. The van der Waals surface area contributed by atoms with E-state index in [9.17, 15) is 4.79 Å². The van der Waals surface area contributed by atoms with Crippen LogP contribution in [0.1, 0.15) is 15.9 Å². The van der Waals surface area contributed by atoms with Crippen LogP contribution in [-0.2, 0) is 4.74 Å². The maximum atomic E-state index is 11.8. The number of methoxy groups -OCH3 is 1. The molecule has 0 aliphatic rings. The van der Waals surface area contributed by atoms with Crippen molar-refractivity contribution in [3.05, 3.63) is 59.7 Å². The summed E-state index contributed by atoms with van der Waals surface area (Å²) in [6.07, 6.45) is 0. The lowest BCUT2D eigenvalue weighted by Crippen LogP contribution is -2.10. The zero-order valence-corrected chi connectivity index (χ0v) is 11.5. The van der Waals surface area contributed by atoms with Gasteiger partial charge >= 0.3 is 5.97 Å². The summed E-state index contributed by atoms with van der Waals surface area (Å²) in [7, 11) is 1.60. The molecule has 0 amide bonds. The maximum absolute atomic E-state index is 11.8. The van der Waals surface area contributed by atoms with E-state index in [1.807, 2.05) is 19.1 Å². The number of rotatable bonds is 5. The lowest BCUT2D eigenvalue weighted by Gasteiger charge is -2.08. The first-order valence-corrected chi connectivity index (χ1v) is 6.19. The van der Waals surface area contributed by atoms with Gasteiger partial charge in [-0.25, -0.2) is 4.79 Å². The van der Waals surface area contributed by atoms with Gasteiger partial charge in [0.2, 0.25) is 6.79 Å². The first kappa shape index (κ1) is 13.9. The van der Waals surface area contributed by atoms with Crippen molar-refractivity contribution in [2.45, 2.75) is 6.92 Å². The molecule has 20 heavy (non-hydrogen) atoms. The maximum Gasteiger partial charge on any atom is 0.341 e. The van der Waals surface area contributed by atoms with Crippen molar-refractivity contribution in [1.29, 1.82) is 0 Å². The van der Waals surface area contributed by atoms with Crippen LogP contribution in [0.15, 0.2) is 48.5 Å². The van der Waals surface area contributed by atoms with E-state index < -0.39 is 5.97 Å². The Morgan fingerprint density at radius 2 is 1.75 bits per heavy atom. The summed E-state index contributed by atoms with van der Waals surface area (Å²) in [6.45, 7) is 1.80. The van der Waals surface area contributed by atoms with Gasteiger partial charge in [-0.1, -0.05) is 17.7 Å². The van der Waals surface area contributed by atoms with Crippen LogP contribution in [0, 0.1) is 6.92 Å². The van der Waals surface area contributed by atoms with E-state index in [2.05, 4.69) is 0 Å². The molecule has 0 saturated carbocycles. The van der Waals surface area contributed by atoms with E-state index in [1.54, 1.807) is 43.5 Å². The molecule has 0 saturated heterocycles. The van der Waals surface area contributed by atoms with Gasteiger partial charge in [-0.2, -0.15) is 0 Å². The minimum Gasteiger partial charge on any atom is -0.497 e. The molecule has 0 spiro atoms. The highest BCUT2D eigenvalue weighted by atomic mass is 16.7. The summed E-state index contributed by atoms with van der Waals surface area (Å²) in [5.74, 6) is 0.958. The van der Waals surface area contributed by atoms with E-state index in [0.29, 0.717) is 11.3 Å². The number of hydrogen-bond donors (Lipinski definition) is 0. The third kappa shape index (κ3) is 3.75. The molecule has 0 heterocycles. The van der Waals surface area contributed by atoms with Crippen molar-refractivity contribution >= 4 is 5.97 Å². The van der Waals surface area contributed by atoms with Gasteiger partial charge in [0.1, 0.15) is 11.5 Å². The minimum absolute atomic E-state index is 0.126. The van der Waals surface area contributed by atoms with E-state index in [4.69, 9.17) is 14.2 Å². The highest BCUT2D eigenvalue weighted by Crippen LogP contribution is 2.17. The Bertz CT molecular complexity index is 575. The van der Waals surface area contributed by atoms with Crippen molar-refractivity contribution in [1.82, 2.24) is 0 Å². The van der Waals surface area contributed by atoms with Gasteiger partial charge in [0, 0.05) is 0 Å². The Morgan fingerprint density at radius 3 is 2.40 bits per heavy atom. The molecule has 2 aromatic rings. The number of esters is 1. The van der Waals surface area contributed by atoms with Crippen LogP contribution < -0.4 is 9.47 Å². The number of aryl methyl sites for hydroxylation is 1. The Morgan fingerprint density at radius 1 is 1.05 bits per heavy atom. The lowest BCUT2D eigenvalue weighted by molar-refractivity contribution is 0.0154. The van der Waals surface area contributed by atoms with Gasteiger partial charge in [0.25, 0.3) is 0 Å². The van der Waals surface area contributed by atoms with Crippen molar-refractivity contribution in [3.8, 4) is 11.5 Å². The van der Waals surface area contributed by atoms with Gasteiger partial charge in [0.15, 0.2) is 0 Å². The van der Waals surface area contributed by atoms with Crippen molar-refractivity contribution in [2.75, 3.05) is 13.9 Å². The first-order chi connectivity index (χ1) is 9.69. The molecule has 2 aromatic carbocycles. The molecular formula is C16H16O4. The average Bonchev–Trinajstić information content (AvgIpc) is 2.48. The molecule has 0 radical (unpaired) electrons. The fraction of sp³-hybridized carbons (Fsp3) is 0.188. The molecule has 0 aliphatic heterocycles. The molecule has 0 unspecified atom stereocenters. The highest BCUT2D eigenvalue weighted by molar-refractivity contribution is 5.89. The van der Waals surface area contributed by atoms with Crippen LogP contribution >= 0.6 is 0 Å². The zero-order valence-electron chi connectivity index (χ0n) is 11.5. The Kier molecular flexibility index (Phi) is 4.60. The SMILES string of the molecule is COc1ccc(OCOC(=O)c2cccc(C)c2)cc1. The lowest BCUT2D eigenvalue weighted by atomic mass is 10.1. The number of ether oxygens (including phenoxy) is 3. The van der Waals surface area contributed by atoms with Gasteiger partial charge in [-0.05, 0) is 43.3 Å². The first-order valence-electron chi connectivity index (χ1n) is 6.19. The van der Waals surface area contributed by atoms with Gasteiger partial charge in [-0.15, -0.1) is 0 Å².